The first-order chi connectivity index (χ1) is 14.0. The van der Waals surface area contributed by atoms with Crippen LogP contribution in [0.5, 0.6) is 0 Å². The average molecular weight is 395 g/mol. The van der Waals surface area contributed by atoms with Gasteiger partial charge in [-0.1, -0.05) is 59.7 Å². The molecule has 2 aromatic rings. The quantitative estimate of drug-likeness (QED) is 0.697. The molecule has 29 heavy (non-hydrogen) atoms. The lowest BCUT2D eigenvalue weighted by Gasteiger charge is -2.35. The lowest BCUT2D eigenvalue weighted by Crippen LogP contribution is -2.43. The maximum absolute atomic E-state index is 12.4. The second-order valence-electron chi connectivity index (χ2n) is 7.67. The highest BCUT2D eigenvalue weighted by molar-refractivity contribution is 5.97. The molecule has 1 N–H and O–H groups in total. The number of benzene rings is 2. The number of morpholine rings is 1. The van der Waals surface area contributed by atoms with Crippen LogP contribution in [-0.2, 0) is 9.53 Å². The molecular weight excluding hydrogens is 364 g/mol. The molecule has 0 aliphatic carbocycles. The molecule has 3 rings (SSSR count). The topological polar surface area (TPSA) is 58.6 Å². The predicted octanol–water partition coefficient (Wildman–Crippen LogP) is 3.46. The van der Waals surface area contributed by atoms with Crippen molar-refractivity contribution in [2.75, 3.05) is 32.8 Å². The molecule has 2 aromatic carbocycles. The van der Waals surface area contributed by atoms with E-state index in [1.54, 1.807) is 0 Å². The van der Waals surface area contributed by atoms with E-state index in [9.17, 15) is 9.59 Å². The first-order valence-corrected chi connectivity index (χ1v) is 10.3. The Hall–Kier alpha value is -2.50. The number of carbonyl (C=O) groups excluding carboxylic acids is 2. The Labute approximate surface area is 173 Å². The fourth-order valence-electron chi connectivity index (χ4n) is 3.55. The van der Waals surface area contributed by atoms with Gasteiger partial charge in [-0.05, 0) is 19.4 Å². The molecule has 0 saturated carbocycles. The number of ketones is 1. The van der Waals surface area contributed by atoms with Crippen LogP contribution < -0.4 is 5.32 Å². The maximum atomic E-state index is 12.4. The number of nitrogens with one attached hydrogen (secondary N) is 1. The second kappa shape index (κ2) is 10.3. The van der Waals surface area contributed by atoms with Crippen molar-refractivity contribution < 1.29 is 14.3 Å². The van der Waals surface area contributed by atoms with Crippen LogP contribution >= 0.6 is 0 Å². The van der Waals surface area contributed by atoms with Crippen LogP contribution in [0.15, 0.2) is 48.5 Å². The Balaban J connectivity index is 1.55. The monoisotopic (exact) mass is 394 g/mol. The second-order valence-corrected chi connectivity index (χ2v) is 7.67. The summed E-state index contributed by atoms with van der Waals surface area (Å²) in [7, 11) is 0. The number of aryl methyl sites for hydroxylation is 2. The highest BCUT2D eigenvalue weighted by atomic mass is 16.5. The van der Waals surface area contributed by atoms with Crippen LogP contribution in [-0.4, -0.2) is 49.4 Å². The number of amides is 1. The molecule has 1 heterocycles. The van der Waals surface area contributed by atoms with E-state index in [2.05, 4.69) is 41.4 Å². The van der Waals surface area contributed by atoms with Gasteiger partial charge in [-0.2, -0.15) is 0 Å². The van der Waals surface area contributed by atoms with Gasteiger partial charge in [0.1, 0.15) is 0 Å². The van der Waals surface area contributed by atoms with Gasteiger partial charge in [-0.3, -0.25) is 14.5 Å². The third kappa shape index (κ3) is 6.24. The largest absolute Gasteiger partial charge is 0.379 e. The fourth-order valence-corrected chi connectivity index (χ4v) is 3.55. The Bertz CT molecular complexity index is 809. The first kappa shape index (κ1) is 21.2. The zero-order chi connectivity index (χ0) is 20.6. The van der Waals surface area contributed by atoms with Crippen LogP contribution in [0.1, 0.15) is 45.9 Å². The van der Waals surface area contributed by atoms with Crippen molar-refractivity contribution in [1.29, 1.82) is 0 Å². The van der Waals surface area contributed by atoms with Gasteiger partial charge in [0.2, 0.25) is 5.91 Å². The van der Waals surface area contributed by atoms with Crippen molar-refractivity contribution in [2.45, 2.75) is 32.7 Å². The van der Waals surface area contributed by atoms with Gasteiger partial charge in [0.15, 0.2) is 5.78 Å². The Morgan fingerprint density at radius 2 is 1.52 bits per heavy atom. The number of hydrogen-bond acceptors (Lipinski definition) is 4. The highest BCUT2D eigenvalue weighted by Gasteiger charge is 2.23. The summed E-state index contributed by atoms with van der Waals surface area (Å²) in [6.07, 6.45) is 0.429. The number of ether oxygens (including phenoxy) is 1. The van der Waals surface area contributed by atoms with E-state index in [1.807, 2.05) is 31.2 Å². The Morgan fingerprint density at radius 3 is 2.14 bits per heavy atom. The summed E-state index contributed by atoms with van der Waals surface area (Å²) < 4.78 is 5.48. The lowest BCUT2D eigenvalue weighted by molar-refractivity contribution is -0.121. The molecule has 1 unspecified atom stereocenters. The van der Waals surface area contributed by atoms with Crippen LogP contribution in [0.3, 0.4) is 0 Å². The number of carbonyl (C=O) groups is 2. The van der Waals surface area contributed by atoms with Crippen LogP contribution in [0.2, 0.25) is 0 Å². The molecule has 1 saturated heterocycles. The molecule has 0 aromatic heterocycles. The standard InChI is InChI=1S/C24H30N2O3/c1-18-3-7-20(8-4-18)22(26-13-15-29-16-14-26)17-25-24(28)12-11-23(27)21-9-5-19(2)6-10-21/h3-10,22H,11-17H2,1-2H3,(H,25,28). The number of Topliss-reactive ketones (excluding diaryl/α,β-unsaturated/α-hetero) is 1. The Morgan fingerprint density at radius 1 is 0.931 bits per heavy atom. The van der Waals surface area contributed by atoms with E-state index in [0.29, 0.717) is 25.3 Å². The van der Waals surface area contributed by atoms with E-state index in [4.69, 9.17) is 4.74 Å². The SMILES string of the molecule is Cc1ccc(C(=O)CCC(=O)NCC(c2ccc(C)cc2)N2CCOCC2)cc1. The smallest absolute Gasteiger partial charge is 0.220 e. The minimum Gasteiger partial charge on any atom is -0.379 e. The summed E-state index contributed by atoms with van der Waals surface area (Å²) in [5.41, 5.74) is 4.18. The van der Waals surface area contributed by atoms with Gasteiger partial charge < -0.3 is 10.1 Å². The molecule has 1 aliphatic rings. The van der Waals surface area contributed by atoms with Gasteiger partial charge in [0, 0.05) is 38.0 Å². The van der Waals surface area contributed by atoms with Gasteiger partial charge in [-0.25, -0.2) is 0 Å². The van der Waals surface area contributed by atoms with E-state index in [0.717, 1.165) is 18.7 Å². The highest BCUT2D eigenvalue weighted by Crippen LogP contribution is 2.22. The van der Waals surface area contributed by atoms with Crippen molar-refractivity contribution in [3.05, 3.63) is 70.8 Å². The van der Waals surface area contributed by atoms with E-state index in [-0.39, 0.29) is 30.6 Å². The van der Waals surface area contributed by atoms with Crippen molar-refractivity contribution >= 4 is 11.7 Å². The van der Waals surface area contributed by atoms with Crippen LogP contribution in [0.4, 0.5) is 0 Å². The van der Waals surface area contributed by atoms with Crippen molar-refractivity contribution in [2.24, 2.45) is 0 Å². The summed E-state index contributed by atoms with van der Waals surface area (Å²) in [5, 5.41) is 3.04. The van der Waals surface area contributed by atoms with E-state index in [1.165, 1.54) is 11.1 Å². The van der Waals surface area contributed by atoms with Gasteiger partial charge in [0.05, 0.1) is 19.3 Å². The number of hydrogen-bond donors (Lipinski definition) is 1. The molecule has 1 aliphatic heterocycles. The maximum Gasteiger partial charge on any atom is 0.220 e. The van der Waals surface area contributed by atoms with Crippen molar-refractivity contribution in [1.82, 2.24) is 10.2 Å². The molecular formula is C24H30N2O3. The minimum absolute atomic E-state index is 0.00316. The summed E-state index contributed by atoms with van der Waals surface area (Å²) in [6, 6.07) is 16.0. The number of rotatable bonds is 8. The molecule has 0 spiro atoms. The minimum atomic E-state index is -0.0872. The Kier molecular flexibility index (Phi) is 7.55. The molecule has 1 atom stereocenters. The molecule has 0 bridgehead atoms. The normalized spacial score (nSPS) is 15.7. The van der Waals surface area contributed by atoms with Crippen molar-refractivity contribution in [3.8, 4) is 0 Å². The first-order valence-electron chi connectivity index (χ1n) is 10.3. The summed E-state index contributed by atoms with van der Waals surface area (Å²) in [6.45, 7) is 7.70. The molecule has 1 fully saturated rings. The molecule has 5 nitrogen and oxygen atoms in total. The van der Waals surface area contributed by atoms with E-state index >= 15 is 0 Å². The fraction of sp³-hybridized carbons (Fsp3) is 0.417. The molecule has 0 radical (unpaired) electrons. The van der Waals surface area contributed by atoms with E-state index < -0.39 is 0 Å². The zero-order valence-corrected chi connectivity index (χ0v) is 17.3. The van der Waals surface area contributed by atoms with Crippen molar-refractivity contribution in [3.63, 3.8) is 0 Å². The summed E-state index contributed by atoms with van der Waals surface area (Å²) in [5.74, 6) is -0.0840. The van der Waals surface area contributed by atoms with Gasteiger partial charge in [-0.15, -0.1) is 0 Å². The molecule has 154 valence electrons. The number of nitrogens with zero attached hydrogens (tertiary/aromatic N) is 1. The third-order valence-electron chi connectivity index (χ3n) is 5.39. The summed E-state index contributed by atoms with van der Waals surface area (Å²) in [4.78, 5) is 27.0. The molecule has 5 heteroatoms. The average Bonchev–Trinajstić information content (AvgIpc) is 2.74. The molecule has 1 amide bonds. The summed E-state index contributed by atoms with van der Waals surface area (Å²) >= 11 is 0. The third-order valence-corrected chi connectivity index (χ3v) is 5.39. The lowest BCUT2D eigenvalue weighted by atomic mass is 10.0. The van der Waals surface area contributed by atoms with Crippen LogP contribution in [0, 0.1) is 13.8 Å². The van der Waals surface area contributed by atoms with Gasteiger partial charge >= 0.3 is 0 Å². The van der Waals surface area contributed by atoms with Crippen LogP contribution in [0.25, 0.3) is 0 Å². The predicted molar refractivity (Wildman–Crippen MR) is 114 cm³/mol. The zero-order valence-electron chi connectivity index (χ0n) is 17.3. The van der Waals surface area contributed by atoms with Gasteiger partial charge in [0.25, 0.3) is 0 Å².